The highest BCUT2D eigenvalue weighted by atomic mass is 19.1. The normalized spacial score (nSPS) is 24.2. The summed E-state index contributed by atoms with van der Waals surface area (Å²) in [4.78, 5) is 33.3. The second-order valence-electron chi connectivity index (χ2n) is 10.5. The van der Waals surface area contributed by atoms with Crippen LogP contribution in [0.25, 0.3) is 0 Å². The summed E-state index contributed by atoms with van der Waals surface area (Å²) in [6, 6.07) is 5.52. The van der Waals surface area contributed by atoms with Gasteiger partial charge in [-0.25, -0.2) is 19.3 Å². The Morgan fingerprint density at radius 2 is 2.00 bits per heavy atom. The molecular weight excluding hydrogens is 461 g/mol. The molecule has 1 aliphatic carbocycles. The van der Waals surface area contributed by atoms with Crippen molar-refractivity contribution in [2.24, 2.45) is 0 Å². The first-order chi connectivity index (χ1) is 17.3. The van der Waals surface area contributed by atoms with Gasteiger partial charge < -0.3 is 19.4 Å². The maximum absolute atomic E-state index is 13.7. The van der Waals surface area contributed by atoms with Gasteiger partial charge in [-0.1, -0.05) is 6.42 Å². The molecule has 0 aromatic carbocycles. The smallest absolute Gasteiger partial charge is 0.257 e. The van der Waals surface area contributed by atoms with Crippen LogP contribution in [0, 0.1) is 11.3 Å². The minimum Gasteiger partial charge on any atom is -0.366 e. The number of ether oxygens (including phenoxy) is 1. The summed E-state index contributed by atoms with van der Waals surface area (Å²) in [6.45, 7) is 6.44. The van der Waals surface area contributed by atoms with Gasteiger partial charge in [0, 0.05) is 56.0 Å². The SMILES string of the molecule is COC(C)(CF)C(=O)N1C[C@H](C)N(c2ncnc3c2C2(CCC2)CN3c2cc(C#N)ccn2)C[C@H]1C. The summed E-state index contributed by atoms with van der Waals surface area (Å²) in [5.74, 6) is 2.12. The Balaban J connectivity index is 1.50. The van der Waals surface area contributed by atoms with Gasteiger partial charge >= 0.3 is 0 Å². The number of nitrogens with zero attached hydrogens (tertiary/aromatic N) is 7. The molecule has 0 radical (unpaired) electrons. The number of aromatic nitrogens is 3. The molecule has 1 amide bonds. The molecule has 10 heteroatoms. The van der Waals surface area contributed by atoms with Gasteiger partial charge in [-0.3, -0.25) is 4.79 Å². The molecule has 2 aliphatic heterocycles. The predicted octanol–water partition coefficient (Wildman–Crippen LogP) is 3.12. The second-order valence-corrected chi connectivity index (χ2v) is 10.5. The molecule has 5 rings (SSSR count). The maximum Gasteiger partial charge on any atom is 0.257 e. The number of anilines is 3. The topological polar surface area (TPSA) is 98.5 Å². The Labute approximate surface area is 210 Å². The summed E-state index contributed by atoms with van der Waals surface area (Å²) in [6.07, 6.45) is 6.47. The number of amides is 1. The molecule has 2 aromatic rings. The van der Waals surface area contributed by atoms with Gasteiger partial charge in [0.1, 0.15) is 30.5 Å². The van der Waals surface area contributed by atoms with Gasteiger partial charge in [0.15, 0.2) is 5.60 Å². The van der Waals surface area contributed by atoms with Crippen molar-refractivity contribution in [1.82, 2.24) is 19.9 Å². The highest BCUT2D eigenvalue weighted by Gasteiger charge is 2.52. The van der Waals surface area contributed by atoms with Crippen LogP contribution < -0.4 is 9.80 Å². The molecule has 190 valence electrons. The highest BCUT2D eigenvalue weighted by molar-refractivity contribution is 5.86. The van der Waals surface area contributed by atoms with Crippen molar-refractivity contribution in [2.45, 2.75) is 63.1 Å². The van der Waals surface area contributed by atoms with E-state index in [1.807, 2.05) is 6.92 Å². The minimum atomic E-state index is -1.48. The number of piperazine rings is 1. The summed E-state index contributed by atoms with van der Waals surface area (Å²) >= 11 is 0. The van der Waals surface area contributed by atoms with E-state index in [-0.39, 0.29) is 23.4 Å². The van der Waals surface area contributed by atoms with E-state index in [1.165, 1.54) is 14.0 Å². The number of fused-ring (bicyclic) bond motifs is 2. The first kappa shape index (κ1) is 24.4. The third kappa shape index (κ3) is 3.68. The number of carbonyl (C=O) groups excluding carboxylic acids is 1. The molecule has 1 saturated heterocycles. The van der Waals surface area contributed by atoms with E-state index in [0.29, 0.717) is 24.5 Å². The second kappa shape index (κ2) is 8.96. The lowest BCUT2D eigenvalue weighted by atomic mass is 9.66. The lowest BCUT2D eigenvalue weighted by Gasteiger charge is -2.48. The fraction of sp³-hybridized carbons (Fsp3) is 0.577. The van der Waals surface area contributed by atoms with Crippen molar-refractivity contribution in [1.29, 1.82) is 5.26 Å². The third-order valence-electron chi connectivity index (χ3n) is 8.19. The van der Waals surface area contributed by atoms with Crippen LogP contribution in [0.4, 0.5) is 21.8 Å². The Hall–Kier alpha value is -3.32. The zero-order valence-corrected chi connectivity index (χ0v) is 21.2. The number of pyridine rings is 1. The third-order valence-corrected chi connectivity index (χ3v) is 8.19. The van der Waals surface area contributed by atoms with Gasteiger partial charge in [0.2, 0.25) is 0 Å². The van der Waals surface area contributed by atoms with Crippen LogP contribution in [0.1, 0.15) is 51.2 Å². The molecular formula is C26H32FN7O2. The molecule has 4 heterocycles. The zero-order valence-electron chi connectivity index (χ0n) is 21.2. The molecule has 0 bridgehead atoms. The fourth-order valence-corrected chi connectivity index (χ4v) is 5.76. The number of alkyl halides is 1. The van der Waals surface area contributed by atoms with Crippen LogP contribution in [-0.4, -0.2) is 76.9 Å². The molecule has 3 aliphatic rings. The molecule has 0 N–H and O–H groups in total. The molecule has 3 atom stereocenters. The molecule has 2 aromatic heterocycles. The van der Waals surface area contributed by atoms with Crippen LogP contribution in [0.5, 0.6) is 0 Å². The quantitative estimate of drug-likeness (QED) is 0.627. The molecule has 36 heavy (non-hydrogen) atoms. The van der Waals surface area contributed by atoms with Crippen LogP contribution in [0.15, 0.2) is 24.7 Å². The number of carbonyl (C=O) groups is 1. The van der Waals surface area contributed by atoms with E-state index in [1.54, 1.807) is 29.6 Å². The van der Waals surface area contributed by atoms with Gasteiger partial charge in [-0.05, 0) is 45.7 Å². The number of nitriles is 1. The molecule has 1 spiro atoms. The van der Waals surface area contributed by atoms with E-state index in [9.17, 15) is 14.4 Å². The van der Waals surface area contributed by atoms with E-state index in [4.69, 9.17) is 9.72 Å². The van der Waals surface area contributed by atoms with Gasteiger partial charge in [-0.15, -0.1) is 0 Å². The lowest BCUT2D eigenvalue weighted by molar-refractivity contribution is -0.158. The Bertz CT molecular complexity index is 1210. The Morgan fingerprint density at radius 1 is 1.25 bits per heavy atom. The van der Waals surface area contributed by atoms with Crippen molar-refractivity contribution in [3.05, 3.63) is 35.8 Å². The number of methoxy groups -OCH3 is 1. The highest BCUT2D eigenvalue weighted by Crippen LogP contribution is 2.56. The standard InChI is InChI=1S/C26H32FN7O2/c1-17-13-33(24(35)25(3,14-27)36-4)18(2)12-32(17)22-21-23(31-16-30-22)34(15-26(21)7-5-8-26)20-10-19(11-28)6-9-29-20/h6,9-10,16-18H,5,7-8,12-15H2,1-4H3/t17-,18+,25?/m0/s1. The monoisotopic (exact) mass is 493 g/mol. The van der Waals surface area contributed by atoms with Crippen molar-refractivity contribution in [2.75, 3.05) is 43.2 Å². The largest absolute Gasteiger partial charge is 0.366 e. The fourth-order valence-electron chi connectivity index (χ4n) is 5.76. The molecule has 1 saturated carbocycles. The molecule has 2 fully saturated rings. The first-order valence-electron chi connectivity index (χ1n) is 12.4. The Kier molecular flexibility index (Phi) is 6.07. The van der Waals surface area contributed by atoms with E-state index in [0.717, 1.165) is 43.0 Å². The summed E-state index contributed by atoms with van der Waals surface area (Å²) in [5, 5.41) is 9.39. The van der Waals surface area contributed by atoms with Crippen molar-refractivity contribution >= 4 is 23.4 Å². The number of rotatable bonds is 5. The first-order valence-corrected chi connectivity index (χ1v) is 12.4. The summed E-state index contributed by atoms with van der Waals surface area (Å²) in [7, 11) is 1.37. The number of halogens is 1. The molecule has 9 nitrogen and oxygen atoms in total. The van der Waals surface area contributed by atoms with Gasteiger partial charge in [0.05, 0.1) is 11.6 Å². The van der Waals surface area contributed by atoms with Crippen LogP contribution >= 0.6 is 0 Å². The van der Waals surface area contributed by atoms with E-state index >= 15 is 0 Å². The van der Waals surface area contributed by atoms with Gasteiger partial charge in [-0.2, -0.15) is 5.26 Å². The number of hydrogen-bond donors (Lipinski definition) is 0. The summed E-state index contributed by atoms with van der Waals surface area (Å²) < 4.78 is 18.9. The minimum absolute atomic E-state index is 0.0314. The summed E-state index contributed by atoms with van der Waals surface area (Å²) in [5.41, 5.74) is 0.151. The van der Waals surface area contributed by atoms with Crippen LogP contribution in [0.2, 0.25) is 0 Å². The molecule has 1 unspecified atom stereocenters. The van der Waals surface area contributed by atoms with Crippen LogP contribution in [0.3, 0.4) is 0 Å². The average molecular weight is 494 g/mol. The predicted molar refractivity (Wildman–Crippen MR) is 133 cm³/mol. The van der Waals surface area contributed by atoms with E-state index in [2.05, 4.69) is 32.8 Å². The van der Waals surface area contributed by atoms with Crippen molar-refractivity contribution in [3.63, 3.8) is 0 Å². The van der Waals surface area contributed by atoms with Gasteiger partial charge in [0.25, 0.3) is 5.91 Å². The van der Waals surface area contributed by atoms with Crippen molar-refractivity contribution < 1.29 is 13.9 Å². The average Bonchev–Trinajstić information content (AvgIpc) is 3.25. The van der Waals surface area contributed by atoms with Crippen LogP contribution in [-0.2, 0) is 14.9 Å². The Morgan fingerprint density at radius 3 is 2.64 bits per heavy atom. The number of hydrogen-bond acceptors (Lipinski definition) is 8. The maximum atomic E-state index is 13.7. The zero-order chi connectivity index (χ0) is 25.7. The van der Waals surface area contributed by atoms with Crippen molar-refractivity contribution in [3.8, 4) is 6.07 Å². The lowest BCUT2D eigenvalue weighted by Crippen LogP contribution is -2.63. The van der Waals surface area contributed by atoms with E-state index < -0.39 is 12.3 Å².